The van der Waals surface area contributed by atoms with Crippen molar-refractivity contribution in [3.63, 3.8) is 0 Å². The molecule has 3 aromatic rings. The number of amides is 1. The molecule has 12 heteroatoms. The van der Waals surface area contributed by atoms with Crippen LogP contribution in [0.1, 0.15) is 54.1 Å². The van der Waals surface area contributed by atoms with E-state index in [1.165, 1.54) is 30.2 Å². The standard InChI is InChI=1S/C32H32N6O4S2/c1-32(2)15-23-27(24(39)16-32)26(20-9-11-21(12-10-20)29(41)42-3)22(17-33)28(34)38(23)30-36-37-31(44-30)43-18-25(40)35-14-13-19-7-5-4-6-8-19/h4-12,26H,13-16,18,34H2,1-3H3,(H,35,40). The summed E-state index contributed by atoms with van der Waals surface area (Å²) in [6.07, 6.45) is 1.58. The maximum Gasteiger partial charge on any atom is 0.337 e. The number of ketones is 1. The Morgan fingerprint density at radius 3 is 2.57 bits per heavy atom. The monoisotopic (exact) mass is 628 g/mol. The Labute approximate surface area is 264 Å². The van der Waals surface area contributed by atoms with E-state index in [-0.39, 0.29) is 34.3 Å². The number of nitriles is 1. The van der Waals surface area contributed by atoms with Crippen molar-refractivity contribution in [2.75, 3.05) is 24.3 Å². The molecule has 226 valence electrons. The Hall–Kier alpha value is -4.47. The molecule has 1 unspecified atom stereocenters. The van der Waals surface area contributed by atoms with Crippen LogP contribution in [0.4, 0.5) is 5.13 Å². The number of carbonyl (C=O) groups is 3. The third kappa shape index (κ3) is 6.54. The van der Waals surface area contributed by atoms with Gasteiger partial charge in [-0.3, -0.25) is 14.5 Å². The van der Waals surface area contributed by atoms with Crippen molar-refractivity contribution in [2.24, 2.45) is 11.1 Å². The zero-order chi connectivity index (χ0) is 31.4. The number of Topliss-reactive ketones (excluding diaryl/α,β-unsaturated/α-hetero) is 1. The number of nitrogens with two attached hydrogens (primary N) is 1. The van der Waals surface area contributed by atoms with Crippen LogP contribution < -0.4 is 16.0 Å². The molecule has 0 bridgehead atoms. The van der Waals surface area contributed by atoms with Gasteiger partial charge in [-0.25, -0.2) is 4.79 Å². The average molecular weight is 629 g/mol. The lowest BCUT2D eigenvalue weighted by molar-refractivity contribution is -0.119. The highest BCUT2D eigenvalue weighted by Crippen LogP contribution is 2.50. The van der Waals surface area contributed by atoms with Gasteiger partial charge in [0.1, 0.15) is 5.82 Å². The van der Waals surface area contributed by atoms with Gasteiger partial charge in [0.05, 0.1) is 36.0 Å². The molecule has 1 aliphatic heterocycles. The minimum atomic E-state index is -0.692. The van der Waals surface area contributed by atoms with Gasteiger partial charge in [-0.05, 0) is 41.5 Å². The number of rotatable bonds is 9. The zero-order valence-electron chi connectivity index (χ0n) is 24.6. The highest BCUT2D eigenvalue weighted by molar-refractivity contribution is 8.01. The summed E-state index contributed by atoms with van der Waals surface area (Å²) in [4.78, 5) is 39.9. The number of hydrogen-bond donors (Lipinski definition) is 2. The molecule has 2 aliphatic rings. The topological polar surface area (TPSA) is 151 Å². The van der Waals surface area contributed by atoms with Crippen molar-refractivity contribution in [3.05, 3.63) is 94.0 Å². The molecule has 3 N–H and O–H groups in total. The summed E-state index contributed by atoms with van der Waals surface area (Å²) < 4.78 is 5.37. The summed E-state index contributed by atoms with van der Waals surface area (Å²) in [6, 6.07) is 18.8. The molecule has 1 atom stereocenters. The number of esters is 1. The second-order valence-electron chi connectivity index (χ2n) is 11.3. The summed E-state index contributed by atoms with van der Waals surface area (Å²) >= 11 is 2.51. The molecule has 2 heterocycles. The predicted molar refractivity (Wildman–Crippen MR) is 169 cm³/mol. The molecule has 1 amide bonds. The molecule has 1 aliphatic carbocycles. The fraction of sp³-hybridized carbons (Fsp3) is 0.312. The number of thioether (sulfide) groups is 1. The van der Waals surface area contributed by atoms with E-state index in [9.17, 15) is 19.6 Å². The van der Waals surface area contributed by atoms with Crippen molar-refractivity contribution < 1.29 is 19.1 Å². The number of hydrogen-bond acceptors (Lipinski definition) is 11. The van der Waals surface area contributed by atoms with Crippen LogP contribution in [-0.2, 0) is 20.7 Å². The minimum Gasteiger partial charge on any atom is -0.465 e. The van der Waals surface area contributed by atoms with Gasteiger partial charge >= 0.3 is 5.97 Å². The molecule has 44 heavy (non-hydrogen) atoms. The van der Waals surface area contributed by atoms with E-state index in [0.29, 0.717) is 51.3 Å². The first-order valence-corrected chi connectivity index (χ1v) is 15.8. The Morgan fingerprint density at radius 2 is 1.89 bits per heavy atom. The van der Waals surface area contributed by atoms with E-state index in [1.54, 1.807) is 29.2 Å². The number of aromatic nitrogens is 2. The van der Waals surface area contributed by atoms with E-state index in [0.717, 1.165) is 12.0 Å². The van der Waals surface area contributed by atoms with Crippen molar-refractivity contribution in [2.45, 2.75) is 43.4 Å². The molecule has 0 saturated heterocycles. The van der Waals surface area contributed by atoms with Gasteiger partial charge in [0.25, 0.3) is 0 Å². The molecular weight excluding hydrogens is 597 g/mol. The number of ether oxygens (including phenoxy) is 1. The van der Waals surface area contributed by atoms with Crippen LogP contribution in [0.2, 0.25) is 0 Å². The molecule has 2 aromatic carbocycles. The smallest absolute Gasteiger partial charge is 0.337 e. The van der Waals surface area contributed by atoms with Crippen molar-refractivity contribution in [3.8, 4) is 6.07 Å². The molecular formula is C32H32N6O4S2. The maximum absolute atomic E-state index is 13.7. The van der Waals surface area contributed by atoms with Crippen LogP contribution in [0, 0.1) is 16.7 Å². The van der Waals surface area contributed by atoms with Gasteiger partial charge in [-0.15, -0.1) is 10.2 Å². The Balaban J connectivity index is 1.40. The SMILES string of the molecule is COC(=O)c1ccc(C2C(C#N)=C(N)N(c3nnc(SCC(=O)NCCc4ccccc4)s3)C3=C2C(=O)CC(C)(C)C3)cc1. The number of nitrogens with one attached hydrogen (secondary N) is 1. The van der Waals surface area contributed by atoms with Gasteiger partial charge in [-0.2, -0.15) is 5.26 Å². The van der Waals surface area contributed by atoms with Crippen LogP contribution in [0.3, 0.4) is 0 Å². The van der Waals surface area contributed by atoms with Crippen molar-refractivity contribution in [1.82, 2.24) is 15.5 Å². The van der Waals surface area contributed by atoms with Gasteiger partial charge in [0.2, 0.25) is 11.0 Å². The highest BCUT2D eigenvalue weighted by atomic mass is 32.2. The average Bonchev–Trinajstić information content (AvgIpc) is 3.47. The first-order valence-electron chi connectivity index (χ1n) is 14.0. The van der Waals surface area contributed by atoms with Crippen molar-refractivity contribution in [1.29, 1.82) is 5.26 Å². The minimum absolute atomic E-state index is 0.0742. The maximum atomic E-state index is 13.7. The van der Waals surface area contributed by atoms with Crippen LogP contribution >= 0.6 is 23.1 Å². The Bertz CT molecular complexity index is 1690. The van der Waals surface area contributed by atoms with Gasteiger partial charge in [-0.1, -0.05) is 79.4 Å². The molecule has 0 saturated carbocycles. The van der Waals surface area contributed by atoms with Crippen LogP contribution in [-0.4, -0.2) is 47.3 Å². The largest absolute Gasteiger partial charge is 0.465 e. The summed E-state index contributed by atoms with van der Waals surface area (Å²) in [5, 5.41) is 22.3. The second-order valence-corrected chi connectivity index (χ2v) is 13.5. The number of nitrogens with zero attached hydrogens (tertiary/aromatic N) is 4. The molecule has 0 radical (unpaired) electrons. The van der Waals surface area contributed by atoms with Crippen molar-refractivity contribution >= 4 is 45.9 Å². The normalized spacial score (nSPS) is 17.6. The predicted octanol–water partition coefficient (Wildman–Crippen LogP) is 4.72. The third-order valence-corrected chi connectivity index (χ3v) is 9.58. The molecule has 5 rings (SSSR count). The first kappa shape index (κ1) is 31.0. The van der Waals surface area contributed by atoms with E-state index >= 15 is 0 Å². The molecule has 0 fully saturated rings. The molecule has 1 aromatic heterocycles. The third-order valence-electron chi connectivity index (χ3n) is 7.54. The fourth-order valence-electron chi connectivity index (χ4n) is 5.51. The van der Waals surface area contributed by atoms with E-state index < -0.39 is 11.9 Å². The molecule has 10 nitrogen and oxygen atoms in total. The second kappa shape index (κ2) is 13.0. The van der Waals surface area contributed by atoms with Crippen LogP contribution in [0.5, 0.6) is 0 Å². The lowest BCUT2D eigenvalue weighted by Gasteiger charge is -2.42. The number of carbonyl (C=O) groups excluding carboxylic acids is 3. The van der Waals surface area contributed by atoms with E-state index in [1.807, 2.05) is 44.2 Å². The highest BCUT2D eigenvalue weighted by Gasteiger charge is 2.45. The molecule has 0 spiro atoms. The quantitative estimate of drug-likeness (QED) is 0.252. The summed E-state index contributed by atoms with van der Waals surface area (Å²) in [5.41, 5.74) is 9.91. The number of anilines is 1. The van der Waals surface area contributed by atoms with Gasteiger partial charge < -0.3 is 15.8 Å². The van der Waals surface area contributed by atoms with Gasteiger partial charge in [0, 0.05) is 24.2 Å². The lowest BCUT2D eigenvalue weighted by Crippen LogP contribution is -2.42. The van der Waals surface area contributed by atoms with E-state index in [4.69, 9.17) is 10.5 Å². The van der Waals surface area contributed by atoms with Crippen LogP contribution in [0.15, 0.2) is 81.6 Å². The van der Waals surface area contributed by atoms with Gasteiger partial charge in [0.15, 0.2) is 10.1 Å². The zero-order valence-corrected chi connectivity index (χ0v) is 26.3. The summed E-state index contributed by atoms with van der Waals surface area (Å²) in [6.45, 7) is 4.57. The first-order chi connectivity index (χ1) is 21.1. The summed E-state index contributed by atoms with van der Waals surface area (Å²) in [7, 11) is 1.31. The number of methoxy groups -OCH3 is 1. The Morgan fingerprint density at radius 1 is 1.16 bits per heavy atom. The number of allylic oxidation sites excluding steroid dienone is 3. The summed E-state index contributed by atoms with van der Waals surface area (Å²) in [5.74, 6) is -1.02. The van der Waals surface area contributed by atoms with E-state index in [2.05, 4.69) is 21.6 Å². The number of benzene rings is 2. The fourth-order valence-corrected chi connectivity index (χ4v) is 7.22. The Kier molecular flexibility index (Phi) is 9.17. The van der Waals surface area contributed by atoms with Crippen LogP contribution in [0.25, 0.3) is 0 Å². The lowest BCUT2D eigenvalue weighted by atomic mass is 9.68.